The molecule has 1 aromatic carbocycles. The van der Waals surface area contributed by atoms with E-state index in [9.17, 15) is 0 Å². The fourth-order valence-corrected chi connectivity index (χ4v) is 3.49. The molecule has 3 rings (SSSR count). The van der Waals surface area contributed by atoms with E-state index in [0.717, 1.165) is 36.0 Å². The molecule has 0 bridgehead atoms. The molecule has 1 saturated carbocycles. The minimum atomic E-state index is -0.168. The lowest BCUT2D eigenvalue weighted by Crippen LogP contribution is -2.25. The third-order valence-corrected chi connectivity index (χ3v) is 4.93. The fraction of sp³-hybridized carbons (Fsp3) is 0.529. The van der Waals surface area contributed by atoms with Crippen LogP contribution in [0, 0.1) is 0 Å². The largest absolute Gasteiger partial charge is 0.338 e. The van der Waals surface area contributed by atoms with Crippen molar-refractivity contribution in [3.63, 3.8) is 0 Å². The van der Waals surface area contributed by atoms with Gasteiger partial charge in [0.2, 0.25) is 5.89 Å². The van der Waals surface area contributed by atoms with Crippen LogP contribution in [-0.4, -0.2) is 23.2 Å². The molecule has 1 N–H and O–H groups in total. The van der Waals surface area contributed by atoms with Gasteiger partial charge in [0.05, 0.1) is 5.41 Å². The zero-order valence-corrected chi connectivity index (χ0v) is 13.9. The van der Waals surface area contributed by atoms with Crippen LogP contribution in [0.4, 0.5) is 0 Å². The molecule has 0 radical (unpaired) electrons. The molecule has 2 aromatic rings. The normalized spacial score (nSPS) is 18.5. The SMILES string of the molecule is CNC(C)Cc1noc(C2(c3cccc(Cl)c3)CCCC2)n1. The van der Waals surface area contributed by atoms with Crippen LogP contribution in [0.25, 0.3) is 0 Å². The van der Waals surface area contributed by atoms with Gasteiger partial charge in [-0.1, -0.05) is 41.7 Å². The highest BCUT2D eigenvalue weighted by atomic mass is 35.5. The summed E-state index contributed by atoms with van der Waals surface area (Å²) in [5, 5.41) is 8.14. The Labute approximate surface area is 136 Å². The predicted octanol–water partition coefficient (Wildman–Crippen LogP) is 3.73. The summed E-state index contributed by atoms with van der Waals surface area (Å²) in [5.74, 6) is 1.51. The van der Waals surface area contributed by atoms with Crippen molar-refractivity contribution in [1.29, 1.82) is 0 Å². The number of aromatic nitrogens is 2. The lowest BCUT2D eigenvalue weighted by atomic mass is 9.78. The van der Waals surface area contributed by atoms with E-state index in [0.29, 0.717) is 6.04 Å². The monoisotopic (exact) mass is 319 g/mol. The lowest BCUT2D eigenvalue weighted by molar-refractivity contribution is 0.308. The van der Waals surface area contributed by atoms with Crippen molar-refractivity contribution >= 4 is 11.6 Å². The number of likely N-dealkylation sites (N-methyl/N-ethyl adjacent to an activating group) is 1. The number of hydrogen-bond acceptors (Lipinski definition) is 4. The van der Waals surface area contributed by atoms with Gasteiger partial charge in [-0.2, -0.15) is 4.98 Å². The summed E-state index contributed by atoms with van der Waals surface area (Å²) in [7, 11) is 1.94. The van der Waals surface area contributed by atoms with E-state index < -0.39 is 0 Å². The van der Waals surface area contributed by atoms with E-state index in [1.807, 2.05) is 25.2 Å². The zero-order chi connectivity index (χ0) is 15.6. The van der Waals surface area contributed by atoms with E-state index in [4.69, 9.17) is 21.1 Å². The number of hydrogen-bond donors (Lipinski definition) is 1. The summed E-state index contributed by atoms with van der Waals surface area (Å²) in [6, 6.07) is 8.39. The van der Waals surface area contributed by atoms with E-state index >= 15 is 0 Å². The molecule has 0 spiro atoms. The molecule has 0 amide bonds. The first-order valence-corrected chi connectivity index (χ1v) is 8.28. The molecule has 22 heavy (non-hydrogen) atoms. The van der Waals surface area contributed by atoms with Gasteiger partial charge in [-0.05, 0) is 44.5 Å². The first-order valence-electron chi connectivity index (χ1n) is 7.90. The van der Waals surface area contributed by atoms with Crippen LogP contribution in [0.5, 0.6) is 0 Å². The third kappa shape index (κ3) is 2.90. The van der Waals surface area contributed by atoms with Crippen molar-refractivity contribution in [2.45, 2.75) is 50.5 Å². The molecule has 1 heterocycles. The van der Waals surface area contributed by atoms with Crippen molar-refractivity contribution in [2.24, 2.45) is 0 Å². The maximum atomic E-state index is 6.19. The Balaban J connectivity index is 1.95. The van der Waals surface area contributed by atoms with Crippen molar-refractivity contribution in [2.75, 3.05) is 7.05 Å². The van der Waals surface area contributed by atoms with E-state index in [1.165, 1.54) is 18.4 Å². The molecule has 1 aromatic heterocycles. The van der Waals surface area contributed by atoms with Gasteiger partial charge in [0, 0.05) is 17.5 Å². The van der Waals surface area contributed by atoms with Crippen LogP contribution in [0.3, 0.4) is 0 Å². The van der Waals surface area contributed by atoms with Crippen molar-refractivity contribution in [1.82, 2.24) is 15.5 Å². The quantitative estimate of drug-likeness (QED) is 0.912. The Kier molecular flexibility index (Phi) is 4.50. The molecule has 0 aliphatic heterocycles. The van der Waals surface area contributed by atoms with Gasteiger partial charge in [0.25, 0.3) is 0 Å². The Morgan fingerprint density at radius 2 is 2.14 bits per heavy atom. The van der Waals surface area contributed by atoms with Gasteiger partial charge < -0.3 is 9.84 Å². The molecule has 1 atom stereocenters. The van der Waals surface area contributed by atoms with E-state index in [1.54, 1.807) is 0 Å². The molecule has 5 heteroatoms. The Morgan fingerprint density at radius 1 is 1.36 bits per heavy atom. The summed E-state index contributed by atoms with van der Waals surface area (Å²) in [5.41, 5.74) is 1.02. The van der Waals surface area contributed by atoms with Crippen molar-refractivity contribution < 1.29 is 4.52 Å². The highest BCUT2D eigenvalue weighted by Gasteiger charge is 2.42. The summed E-state index contributed by atoms with van der Waals surface area (Å²) in [6.07, 6.45) is 5.20. The van der Waals surface area contributed by atoms with Crippen LogP contribution >= 0.6 is 11.6 Å². The second-order valence-electron chi connectivity index (χ2n) is 6.21. The van der Waals surface area contributed by atoms with Gasteiger partial charge in [0.15, 0.2) is 5.82 Å². The Bertz CT molecular complexity index is 634. The first kappa shape index (κ1) is 15.5. The van der Waals surface area contributed by atoms with Gasteiger partial charge in [0.1, 0.15) is 0 Å². The summed E-state index contributed by atoms with van der Waals surface area (Å²) in [4.78, 5) is 4.70. The number of halogens is 1. The number of nitrogens with one attached hydrogen (secondary N) is 1. The van der Waals surface area contributed by atoms with E-state index in [2.05, 4.69) is 23.5 Å². The second-order valence-corrected chi connectivity index (χ2v) is 6.65. The average molecular weight is 320 g/mol. The van der Waals surface area contributed by atoms with Gasteiger partial charge >= 0.3 is 0 Å². The fourth-order valence-electron chi connectivity index (χ4n) is 3.30. The molecule has 1 aliphatic carbocycles. The predicted molar refractivity (Wildman–Crippen MR) is 87.2 cm³/mol. The number of rotatable bonds is 5. The molecule has 118 valence electrons. The summed E-state index contributed by atoms with van der Waals surface area (Å²) in [6.45, 7) is 2.11. The highest BCUT2D eigenvalue weighted by Crippen LogP contribution is 2.46. The third-order valence-electron chi connectivity index (χ3n) is 4.69. The minimum absolute atomic E-state index is 0.168. The van der Waals surface area contributed by atoms with Crippen molar-refractivity contribution in [3.8, 4) is 0 Å². The Morgan fingerprint density at radius 3 is 2.82 bits per heavy atom. The lowest BCUT2D eigenvalue weighted by Gasteiger charge is -2.25. The molecular weight excluding hydrogens is 298 g/mol. The molecular formula is C17H22ClN3O. The maximum Gasteiger partial charge on any atom is 0.237 e. The van der Waals surface area contributed by atoms with Crippen LogP contribution in [0.2, 0.25) is 5.02 Å². The summed E-state index contributed by atoms with van der Waals surface area (Å²) >= 11 is 6.19. The van der Waals surface area contributed by atoms with Crippen LogP contribution in [0.1, 0.15) is 49.9 Å². The van der Waals surface area contributed by atoms with Crippen molar-refractivity contribution in [3.05, 3.63) is 46.6 Å². The smallest absolute Gasteiger partial charge is 0.237 e. The molecule has 1 unspecified atom stereocenters. The first-order chi connectivity index (χ1) is 10.6. The second kappa shape index (κ2) is 6.39. The molecule has 0 saturated heterocycles. The molecule has 4 nitrogen and oxygen atoms in total. The van der Waals surface area contributed by atoms with Gasteiger partial charge in [-0.25, -0.2) is 0 Å². The molecule has 1 fully saturated rings. The van der Waals surface area contributed by atoms with Gasteiger partial charge in [-0.15, -0.1) is 0 Å². The Hall–Kier alpha value is -1.39. The van der Waals surface area contributed by atoms with Crippen LogP contribution in [-0.2, 0) is 11.8 Å². The minimum Gasteiger partial charge on any atom is -0.338 e. The van der Waals surface area contributed by atoms with E-state index in [-0.39, 0.29) is 5.41 Å². The number of nitrogens with zero attached hydrogens (tertiary/aromatic N) is 2. The topological polar surface area (TPSA) is 51.0 Å². The number of benzene rings is 1. The highest BCUT2D eigenvalue weighted by molar-refractivity contribution is 6.30. The zero-order valence-electron chi connectivity index (χ0n) is 13.1. The standard InChI is InChI=1S/C17H22ClN3O/c1-12(19-2)10-15-20-16(22-21-15)17(8-3-4-9-17)13-6-5-7-14(18)11-13/h5-7,11-12,19H,3-4,8-10H2,1-2H3. The van der Waals surface area contributed by atoms with Crippen LogP contribution < -0.4 is 5.32 Å². The van der Waals surface area contributed by atoms with Crippen LogP contribution in [0.15, 0.2) is 28.8 Å². The maximum absolute atomic E-state index is 6.19. The molecule has 1 aliphatic rings. The average Bonchev–Trinajstić information content (AvgIpc) is 3.16. The summed E-state index contributed by atoms with van der Waals surface area (Å²) < 4.78 is 5.66. The van der Waals surface area contributed by atoms with Gasteiger partial charge in [-0.3, -0.25) is 0 Å².